The van der Waals surface area contributed by atoms with Gasteiger partial charge in [-0.25, -0.2) is 4.79 Å². The molecule has 146 valence electrons. The average Bonchev–Trinajstić information content (AvgIpc) is 3.05. The highest BCUT2D eigenvalue weighted by molar-refractivity contribution is 5.79. The Labute approximate surface area is 170 Å². The van der Waals surface area contributed by atoms with E-state index in [1.807, 2.05) is 43.3 Å². The second kappa shape index (κ2) is 8.23. The van der Waals surface area contributed by atoms with Gasteiger partial charge in [0.05, 0.1) is 0 Å². The van der Waals surface area contributed by atoms with Gasteiger partial charge in [-0.3, -0.25) is 0 Å². The molecule has 0 heterocycles. The van der Waals surface area contributed by atoms with Crippen molar-refractivity contribution in [3.63, 3.8) is 0 Å². The normalized spacial score (nSPS) is 12.6. The maximum Gasteiger partial charge on any atom is 0.407 e. The second-order valence-corrected chi connectivity index (χ2v) is 7.17. The van der Waals surface area contributed by atoms with Crippen molar-refractivity contribution in [3.8, 4) is 16.9 Å². The van der Waals surface area contributed by atoms with Gasteiger partial charge in [0, 0.05) is 18.0 Å². The Hall–Kier alpha value is -3.53. The van der Waals surface area contributed by atoms with E-state index in [1.165, 1.54) is 22.3 Å². The lowest BCUT2D eigenvalue weighted by Gasteiger charge is -2.14. The molecule has 0 radical (unpaired) electrons. The lowest BCUT2D eigenvalue weighted by molar-refractivity contribution is 0.144. The van der Waals surface area contributed by atoms with E-state index >= 15 is 0 Å². The number of amides is 1. The van der Waals surface area contributed by atoms with Gasteiger partial charge in [0.15, 0.2) is 0 Å². The van der Waals surface area contributed by atoms with Crippen molar-refractivity contribution in [2.24, 2.45) is 0 Å². The van der Waals surface area contributed by atoms with Crippen molar-refractivity contribution in [3.05, 3.63) is 95.1 Å². The molecule has 0 fully saturated rings. The molecule has 0 atom stereocenters. The van der Waals surface area contributed by atoms with Crippen molar-refractivity contribution in [1.29, 1.82) is 0 Å². The number of ether oxygens (including phenoxy) is 1. The van der Waals surface area contributed by atoms with Crippen LogP contribution in [0, 0.1) is 6.92 Å². The molecule has 2 N–H and O–H groups in total. The molecular formula is C25H23NO3. The predicted molar refractivity (Wildman–Crippen MR) is 115 cm³/mol. The summed E-state index contributed by atoms with van der Waals surface area (Å²) in [5, 5.41) is 12.6. The number of benzene rings is 3. The molecule has 0 aromatic heterocycles. The van der Waals surface area contributed by atoms with Crippen LogP contribution in [-0.4, -0.2) is 24.4 Å². The number of alkyl carbamates (subject to hydrolysis) is 1. The quantitative estimate of drug-likeness (QED) is 0.630. The highest BCUT2D eigenvalue weighted by Crippen LogP contribution is 2.44. The number of phenolic OH excluding ortho intramolecular Hbond substituents is 1. The fourth-order valence-electron chi connectivity index (χ4n) is 3.77. The molecule has 29 heavy (non-hydrogen) atoms. The number of rotatable bonds is 5. The van der Waals surface area contributed by atoms with Gasteiger partial charge in [-0.1, -0.05) is 72.8 Å². The van der Waals surface area contributed by atoms with Crippen molar-refractivity contribution < 1.29 is 14.6 Å². The Balaban J connectivity index is 1.34. The Morgan fingerprint density at radius 1 is 1.03 bits per heavy atom. The van der Waals surface area contributed by atoms with Crippen LogP contribution in [0.3, 0.4) is 0 Å². The standard InChI is InChI=1S/C25H23NO3/c1-17-12-13-18(24(27)15-17)7-6-14-26-25(28)29-16-23-21-10-4-2-8-19(21)20-9-3-5-11-22(20)23/h2-13,15,23,27H,14,16H2,1H3,(H,26,28). The zero-order valence-corrected chi connectivity index (χ0v) is 16.3. The van der Waals surface area contributed by atoms with Crippen molar-refractivity contribution >= 4 is 12.2 Å². The Morgan fingerprint density at radius 3 is 2.34 bits per heavy atom. The van der Waals surface area contributed by atoms with Gasteiger partial charge in [0.25, 0.3) is 0 Å². The number of hydrogen-bond donors (Lipinski definition) is 2. The third-order valence-electron chi connectivity index (χ3n) is 5.19. The predicted octanol–water partition coefficient (Wildman–Crippen LogP) is 5.25. The summed E-state index contributed by atoms with van der Waals surface area (Å²) in [4.78, 5) is 12.1. The highest BCUT2D eigenvalue weighted by Gasteiger charge is 2.28. The van der Waals surface area contributed by atoms with E-state index in [-0.39, 0.29) is 11.7 Å². The van der Waals surface area contributed by atoms with Crippen LogP contribution in [0.4, 0.5) is 4.79 Å². The molecule has 3 aromatic rings. The van der Waals surface area contributed by atoms with Gasteiger partial charge in [-0.15, -0.1) is 0 Å². The zero-order valence-electron chi connectivity index (χ0n) is 16.3. The fraction of sp³-hybridized carbons (Fsp3) is 0.160. The number of hydrogen-bond acceptors (Lipinski definition) is 3. The van der Waals surface area contributed by atoms with E-state index in [0.29, 0.717) is 18.7 Å². The molecule has 0 saturated carbocycles. The maximum atomic E-state index is 12.1. The Morgan fingerprint density at radius 2 is 1.69 bits per heavy atom. The number of nitrogens with one attached hydrogen (secondary N) is 1. The minimum absolute atomic E-state index is 0.0493. The Bertz CT molecular complexity index is 1030. The first kappa shape index (κ1) is 18.8. The van der Waals surface area contributed by atoms with Gasteiger partial charge in [0.2, 0.25) is 0 Å². The van der Waals surface area contributed by atoms with Crippen LogP contribution in [0.1, 0.15) is 28.2 Å². The summed E-state index contributed by atoms with van der Waals surface area (Å²) in [6.07, 6.45) is 3.11. The fourth-order valence-corrected chi connectivity index (χ4v) is 3.77. The van der Waals surface area contributed by atoms with Crippen molar-refractivity contribution in [1.82, 2.24) is 5.32 Å². The van der Waals surface area contributed by atoms with E-state index < -0.39 is 6.09 Å². The minimum Gasteiger partial charge on any atom is -0.507 e. The molecule has 0 aliphatic heterocycles. The Kier molecular flexibility index (Phi) is 5.34. The average molecular weight is 385 g/mol. The molecule has 1 amide bonds. The van der Waals surface area contributed by atoms with Crippen molar-refractivity contribution in [2.45, 2.75) is 12.8 Å². The number of fused-ring (bicyclic) bond motifs is 3. The zero-order chi connectivity index (χ0) is 20.2. The SMILES string of the molecule is Cc1ccc(C=CCNC(=O)OCC2c3ccccc3-c3ccccc32)c(O)c1. The van der Waals surface area contributed by atoms with Crippen LogP contribution in [-0.2, 0) is 4.74 Å². The molecule has 0 saturated heterocycles. The highest BCUT2D eigenvalue weighted by atomic mass is 16.5. The molecule has 4 heteroatoms. The molecule has 0 bridgehead atoms. The third-order valence-corrected chi connectivity index (χ3v) is 5.19. The first-order valence-electron chi connectivity index (χ1n) is 9.68. The largest absolute Gasteiger partial charge is 0.507 e. The van der Waals surface area contributed by atoms with E-state index in [0.717, 1.165) is 5.56 Å². The minimum atomic E-state index is -0.454. The van der Waals surface area contributed by atoms with Gasteiger partial charge in [0.1, 0.15) is 12.4 Å². The molecule has 3 aromatic carbocycles. The molecular weight excluding hydrogens is 362 g/mol. The van der Waals surface area contributed by atoms with Crippen LogP contribution in [0.2, 0.25) is 0 Å². The first-order valence-corrected chi connectivity index (χ1v) is 9.68. The molecule has 0 unspecified atom stereocenters. The maximum absolute atomic E-state index is 12.1. The first-order chi connectivity index (χ1) is 14.1. The van der Waals surface area contributed by atoms with E-state index in [4.69, 9.17) is 4.74 Å². The lowest BCUT2D eigenvalue weighted by atomic mass is 9.98. The molecule has 4 rings (SSSR count). The smallest absolute Gasteiger partial charge is 0.407 e. The lowest BCUT2D eigenvalue weighted by Crippen LogP contribution is -2.26. The van der Waals surface area contributed by atoms with Crippen LogP contribution >= 0.6 is 0 Å². The van der Waals surface area contributed by atoms with Crippen LogP contribution in [0.5, 0.6) is 5.75 Å². The summed E-state index contributed by atoms with van der Waals surface area (Å²) in [6, 6.07) is 22.0. The third kappa shape index (κ3) is 4.02. The number of aromatic hydroxyl groups is 1. The van der Waals surface area contributed by atoms with Gasteiger partial charge >= 0.3 is 6.09 Å². The molecule has 1 aliphatic rings. The van der Waals surface area contributed by atoms with E-state index in [2.05, 4.69) is 29.6 Å². The van der Waals surface area contributed by atoms with Crippen LogP contribution < -0.4 is 5.32 Å². The van der Waals surface area contributed by atoms with Gasteiger partial charge in [-0.2, -0.15) is 0 Å². The monoisotopic (exact) mass is 385 g/mol. The van der Waals surface area contributed by atoms with E-state index in [1.54, 1.807) is 18.2 Å². The molecule has 1 aliphatic carbocycles. The van der Waals surface area contributed by atoms with Gasteiger partial charge in [-0.05, 0) is 40.8 Å². The van der Waals surface area contributed by atoms with Crippen molar-refractivity contribution in [2.75, 3.05) is 13.2 Å². The molecule has 0 spiro atoms. The summed E-state index contributed by atoms with van der Waals surface area (Å²) in [5.74, 6) is 0.274. The molecule has 4 nitrogen and oxygen atoms in total. The van der Waals surface area contributed by atoms with Gasteiger partial charge < -0.3 is 15.2 Å². The summed E-state index contributed by atoms with van der Waals surface area (Å²) >= 11 is 0. The summed E-state index contributed by atoms with van der Waals surface area (Å²) in [5.41, 5.74) is 6.50. The van der Waals surface area contributed by atoms with Crippen LogP contribution in [0.15, 0.2) is 72.8 Å². The van der Waals surface area contributed by atoms with Crippen LogP contribution in [0.25, 0.3) is 17.2 Å². The number of phenols is 1. The number of carbonyl (C=O) groups is 1. The summed E-state index contributed by atoms with van der Waals surface area (Å²) in [6.45, 7) is 2.54. The number of aryl methyl sites for hydroxylation is 1. The topological polar surface area (TPSA) is 58.6 Å². The second-order valence-electron chi connectivity index (χ2n) is 7.17. The summed E-state index contributed by atoms with van der Waals surface area (Å²) < 4.78 is 5.50. The van der Waals surface area contributed by atoms with E-state index in [9.17, 15) is 9.90 Å². The number of carbonyl (C=O) groups excluding carboxylic acids is 1. The summed E-state index contributed by atoms with van der Waals surface area (Å²) in [7, 11) is 0.